The van der Waals surface area contributed by atoms with Gasteiger partial charge in [-0.2, -0.15) is 4.99 Å². The molecule has 1 aromatic carbocycles. The van der Waals surface area contributed by atoms with E-state index in [9.17, 15) is 13.6 Å². The van der Waals surface area contributed by atoms with Gasteiger partial charge in [0.15, 0.2) is 16.3 Å². The second kappa shape index (κ2) is 7.28. The van der Waals surface area contributed by atoms with E-state index < -0.39 is 12.3 Å². The molecule has 150 valence electrons. The lowest BCUT2D eigenvalue weighted by molar-refractivity contribution is -0.286. The fourth-order valence-corrected chi connectivity index (χ4v) is 3.63. The number of carbonyl (C=O) groups is 1. The second-order valence-electron chi connectivity index (χ2n) is 6.40. The van der Waals surface area contributed by atoms with Gasteiger partial charge < -0.3 is 14.4 Å². The third kappa shape index (κ3) is 4.11. The summed E-state index contributed by atoms with van der Waals surface area (Å²) >= 11 is 1.31. The van der Waals surface area contributed by atoms with Crippen LogP contribution in [-0.4, -0.2) is 33.8 Å². The lowest BCUT2D eigenvalue weighted by atomic mass is 10.3. The van der Waals surface area contributed by atoms with Crippen molar-refractivity contribution in [2.75, 3.05) is 7.05 Å². The summed E-state index contributed by atoms with van der Waals surface area (Å²) in [5, 5.41) is 0. The lowest BCUT2D eigenvalue weighted by Crippen LogP contribution is -2.26. The number of aromatic nitrogens is 2. The molecule has 0 N–H and O–H groups in total. The quantitative estimate of drug-likeness (QED) is 0.650. The predicted octanol–water partition coefficient (Wildman–Crippen LogP) is 3.72. The number of thiazole rings is 1. The number of nitrogens with zero attached hydrogens (tertiary/aromatic N) is 4. The molecular formula is C19H16F2N4O3S. The van der Waals surface area contributed by atoms with Crippen LogP contribution >= 0.6 is 11.3 Å². The highest BCUT2D eigenvalue weighted by atomic mass is 32.1. The van der Waals surface area contributed by atoms with E-state index in [0.29, 0.717) is 17.0 Å². The van der Waals surface area contributed by atoms with Crippen LogP contribution in [0.3, 0.4) is 0 Å². The molecule has 1 aliphatic heterocycles. The van der Waals surface area contributed by atoms with E-state index in [1.807, 2.05) is 13.0 Å². The monoisotopic (exact) mass is 418 g/mol. The van der Waals surface area contributed by atoms with Crippen LogP contribution in [0.1, 0.15) is 10.4 Å². The summed E-state index contributed by atoms with van der Waals surface area (Å²) in [6.07, 6.45) is 1.43. The molecule has 7 nitrogen and oxygen atoms in total. The maximum atomic E-state index is 13.3. The second-order valence-corrected chi connectivity index (χ2v) is 7.62. The van der Waals surface area contributed by atoms with Gasteiger partial charge in [-0.05, 0) is 30.7 Å². The summed E-state index contributed by atoms with van der Waals surface area (Å²) in [7, 11) is 1.65. The fraction of sp³-hybridized carbons (Fsp3) is 0.211. The van der Waals surface area contributed by atoms with E-state index in [-0.39, 0.29) is 11.5 Å². The van der Waals surface area contributed by atoms with Crippen LogP contribution in [0.5, 0.6) is 11.5 Å². The molecule has 4 rings (SSSR count). The van der Waals surface area contributed by atoms with Crippen LogP contribution in [0, 0.1) is 6.92 Å². The van der Waals surface area contributed by atoms with E-state index in [0.717, 1.165) is 10.4 Å². The number of fused-ring (bicyclic) bond motifs is 1. The molecule has 0 atom stereocenters. The van der Waals surface area contributed by atoms with E-state index in [1.165, 1.54) is 28.4 Å². The molecule has 0 saturated heterocycles. The molecule has 0 spiro atoms. The first-order valence-corrected chi connectivity index (χ1v) is 9.40. The van der Waals surface area contributed by atoms with Gasteiger partial charge in [-0.25, -0.2) is 4.79 Å². The van der Waals surface area contributed by atoms with Crippen molar-refractivity contribution in [3.05, 3.63) is 64.2 Å². The Morgan fingerprint density at radius 2 is 2.10 bits per heavy atom. The summed E-state index contributed by atoms with van der Waals surface area (Å²) in [6.45, 7) is 2.23. The molecule has 2 aromatic heterocycles. The standard InChI is InChI=1S/C19H16F2N4O3S/c1-12-10-25(14-5-6-15-16(8-14)28-19(20,21)27-15)18(29-12)23-17(26)24(2)11-13-4-3-7-22-9-13/h3-10H,11H2,1-2H3. The topological polar surface area (TPSA) is 69.0 Å². The van der Waals surface area contributed by atoms with Gasteiger partial charge in [0.25, 0.3) is 0 Å². The Morgan fingerprint density at radius 3 is 2.86 bits per heavy atom. The average Bonchev–Trinajstić information content (AvgIpc) is 3.19. The molecule has 1 aliphatic rings. The molecule has 0 fully saturated rings. The molecule has 10 heteroatoms. The van der Waals surface area contributed by atoms with Gasteiger partial charge in [0.05, 0.1) is 5.69 Å². The van der Waals surface area contributed by atoms with Crippen molar-refractivity contribution in [1.82, 2.24) is 14.5 Å². The van der Waals surface area contributed by atoms with Crippen molar-refractivity contribution < 1.29 is 23.0 Å². The third-order valence-corrected chi connectivity index (χ3v) is 4.99. The van der Waals surface area contributed by atoms with Crippen molar-refractivity contribution >= 4 is 17.4 Å². The largest absolute Gasteiger partial charge is 0.586 e. The van der Waals surface area contributed by atoms with Crippen LogP contribution in [0.25, 0.3) is 5.69 Å². The molecule has 0 saturated carbocycles. The molecular weight excluding hydrogens is 402 g/mol. The normalized spacial score (nSPS) is 14.8. The third-order valence-electron chi connectivity index (χ3n) is 4.09. The molecule has 2 amide bonds. The number of halogens is 2. The minimum absolute atomic E-state index is 0.0444. The molecule has 0 bridgehead atoms. The Hall–Kier alpha value is -3.27. The van der Waals surface area contributed by atoms with Gasteiger partial charge in [-0.1, -0.05) is 6.07 Å². The number of rotatable bonds is 3. The van der Waals surface area contributed by atoms with Crippen LogP contribution in [0.2, 0.25) is 0 Å². The Morgan fingerprint density at radius 1 is 1.31 bits per heavy atom. The van der Waals surface area contributed by atoms with Gasteiger partial charge in [0.1, 0.15) is 0 Å². The maximum Gasteiger partial charge on any atom is 0.586 e. The number of hydrogen-bond acceptors (Lipinski definition) is 5. The number of hydrogen-bond donors (Lipinski definition) is 0. The highest BCUT2D eigenvalue weighted by Gasteiger charge is 2.43. The van der Waals surface area contributed by atoms with Crippen molar-refractivity contribution in [3.63, 3.8) is 0 Å². The number of carbonyl (C=O) groups excluding carboxylic acids is 1. The number of alkyl halides is 2. The van der Waals surface area contributed by atoms with Gasteiger partial charge in [-0.15, -0.1) is 20.1 Å². The zero-order valence-electron chi connectivity index (χ0n) is 15.5. The number of pyridine rings is 1. The fourth-order valence-electron chi connectivity index (χ4n) is 2.81. The molecule has 3 aromatic rings. The Kier molecular flexibility index (Phi) is 4.79. The Labute approximate surface area is 168 Å². The van der Waals surface area contributed by atoms with E-state index in [4.69, 9.17) is 0 Å². The highest BCUT2D eigenvalue weighted by molar-refractivity contribution is 7.09. The summed E-state index contributed by atoms with van der Waals surface area (Å²) < 4.78 is 37.1. The SMILES string of the molecule is Cc1cn(-c2ccc3c(c2)OC(F)(F)O3)c(=NC(=O)N(C)Cc2cccnc2)s1. The smallest absolute Gasteiger partial charge is 0.395 e. The van der Waals surface area contributed by atoms with E-state index in [1.54, 1.807) is 42.3 Å². The molecule has 0 aliphatic carbocycles. The predicted molar refractivity (Wildman–Crippen MR) is 101 cm³/mol. The number of ether oxygens (including phenoxy) is 2. The molecule has 0 radical (unpaired) electrons. The van der Waals surface area contributed by atoms with Crippen LogP contribution in [-0.2, 0) is 6.54 Å². The molecule has 3 heterocycles. The highest BCUT2D eigenvalue weighted by Crippen LogP contribution is 2.41. The summed E-state index contributed by atoms with van der Waals surface area (Å²) in [6, 6.07) is 7.64. The van der Waals surface area contributed by atoms with Gasteiger partial charge in [0.2, 0.25) is 0 Å². The van der Waals surface area contributed by atoms with Crippen molar-refractivity contribution in [2.45, 2.75) is 19.8 Å². The number of urea groups is 1. The minimum Gasteiger partial charge on any atom is -0.395 e. The minimum atomic E-state index is -3.69. The van der Waals surface area contributed by atoms with Crippen LogP contribution in [0.4, 0.5) is 13.6 Å². The van der Waals surface area contributed by atoms with Crippen molar-refractivity contribution in [3.8, 4) is 17.2 Å². The summed E-state index contributed by atoms with van der Waals surface area (Å²) in [4.78, 5) is 23.6. The van der Waals surface area contributed by atoms with Crippen LogP contribution < -0.4 is 14.3 Å². The molecule has 29 heavy (non-hydrogen) atoms. The first-order chi connectivity index (χ1) is 13.8. The Balaban J connectivity index is 1.63. The van der Waals surface area contributed by atoms with E-state index in [2.05, 4.69) is 19.5 Å². The number of benzene rings is 1. The van der Waals surface area contributed by atoms with E-state index >= 15 is 0 Å². The van der Waals surface area contributed by atoms with Crippen molar-refractivity contribution in [1.29, 1.82) is 0 Å². The summed E-state index contributed by atoms with van der Waals surface area (Å²) in [5.41, 5.74) is 1.40. The summed E-state index contributed by atoms with van der Waals surface area (Å²) in [5.74, 6) is -0.119. The number of amides is 2. The first-order valence-electron chi connectivity index (χ1n) is 8.59. The first kappa shape index (κ1) is 19.1. The van der Waals surface area contributed by atoms with Gasteiger partial charge in [-0.3, -0.25) is 9.55 Å². The van der Waals surface area contributed by atoms with Crippen molar-refractivity contribution in [2.24, 2.45) is 4.99 Å². The maximum absolute atomic E-state index is 13.3. The lowest BCUT2D eigenvalue weighted by Gasteiger charge is -2.13. The van der Waals surface area contributed by atoms with Gasteiger partial charge in [0, 0.05) is 43.1 Å². The van der Waals surface area contributed by atoms with Gasteiger partial charge >= 0.3 is 12.3 Å². The molecule has 0 unspecified atom stereocenters. The zero-order valence-corrected chi connectivity index (χ0v) is 16.3. The average molecular weight is 418 g/mol. The zero-order chi connectivity index (χ0) is 20.6. The Bertz CT molecular complexity index is 1130. The van der Waals surface area contributed by atoms with Crippen LogP contribution in [0.15, 0.2) is 53.9 Å². The number of aryl methyl sites for hydroxylation is 1.